The molecule has 2 rings (SSSR count). The van der Waals surface area contributed by atoms with E-state index in [1.54, 1.807) is 9.13 Å². The largest absolute Gasteiger partial charge is 0.352 e. The van der Waals surface area contributed by atoms with Gasteiger partial charge < -0.3 is 5.32 Å². The average Bonchev–Trinajstić information content (AvgIpc) is 2.79. The predicted molar refractivity (Wildman–Crippen MR) is 98.2 cm³/mol. The summed E-state index contributed by atoms with van der Waals surface area (Å²) in [6, 6.07) is 7.79. The number of fused-ring (bicyclic) bond motifs is 1. The lowest BCUT2D eigenvalue weighted by molar-refractivity contribution is -0.122. The number of aromatic nitrogens is 2. The summed E-state index contributed by atoms with van der Waals surface area (Å²) in [6.07, 6.45) is 2.92. The Morgan fingerprint density at radius 3 is 2.29 bits per heavy atom. The Labute approximate surface area is 143 Å². The van der Waals surface area contributed by atoms with Crippen LogP contribution >= 0.6 is 0 Å². The smallest absolute Gasteiger partial charge is 0.329 e. The molecule has 1 N–H and O–H groups in total. The van der Waals surface area contributed by atoms with Crippen LogP contribution in [0.3, 0.4) is 0 Å². The van der Waals surface area contributed by atoms with Gasteiger partial charge in [-0.1, -0.05) is 32.9 Å². The Hall–Kier alpha value is -2.04. The first-order valence-electron chi connectivity index (χ1n) is 8.91. The van der Waals surface area contributed by atoms with Crippen LogP contribution in [0.2, 0.25) is 0 Å². The standard InChI is InChI=1S/C19H29N3O2/c1-5-12-21-16-8-6-7-9-17(16)22(19(21)24)13-18(23)20-15(4)11-10-14(2)3/h6-9,14-15H,5,10-13H2,1-4H3,(H,20,23). The van der Waals surface area contributed by atoms with Crippen LogP contribution in [0.4, 0.5) is 0 Å². The Bertz CT molecular complexity index is 743. The van der Waals surface area contributed by atoms with Crippen LogP contribution < -0.4 is 11.0 Å². The first-order valence-corrected chi connectivity index (χ1v) is 8.91. The number of hydrogen-bond acceptors (Lipinski definition) is 2. The van der Waals surface area contributed by atoms with E-state index in [9.17, 15) is 9.59 Å². The third-order valence-corrected chi connectivity index (χ3v) is 4.26. The van der Waals surface area contributed by atoms with Crippen molar-refractivity contribution >= 4 is 16.9 Å². The second kappa shape index (κ2) is 8.18. The van der Waals surface area contributed by atoms with Crippen molar-refractivity contribution in [2.24, 2.45) is 5.92 Å². The van der Waals surface area contributed by atoms with Crippen molar-refractivity contribution in [3.63, 3.8) is 0 Å². The minimum absolute atomic E-state index is 0.0715. The molecule has 1 amide bonds. The number of carbonyl (C=O) groups is 1. The summed E-state index contributed by atoms with van der Waals surface area (Å²) in [7, 11) is 0. The summed E-state index contributed by atoms with van der Waals surface area (Å²) in [4.78, 5) is 25.0. The van der Waals surface area contributed by atoms with Gasteiger partial charge in [-0.05, 0) is 44.2 Å². The molecule has 24 heavy (non-hydrogen) atoms. The van der Waals surface area contributed by atoms with Gasteiger partial charge in [-0.25, -0.2) is 4.79 Å². The highest BCUT2D eigenvalue weighted by molar-refractivity contribution is 5.81. The van der Waals surface area contributed by atoms with Crippen molar-refractivity contribution in [1.29, 1.82) is 0 Å². The van der Waals surface area contributed by atoms with Crippen LogP contribution in [0.15, 0.2) is 29.1 Å². The van der Waals surface area contributed by atoms with Gasteiger partial charge in [0.05, 0.1) is 11.0 Å². The van der Waals surface area contributed by atoms with Gasteiger partial charge in [0.2, 0.25) is 5.91 Å². The van der Waals surface area contributed by atoms with Crippen molar-refractivity contribution in [3.05, 3.63) is 34.7 Å². The van der Waals surface area contributed by atoms with Crippen LogP contribution in [-0.4, -0.2) is 21.1 Å². The van der Waals surface area contributed by atoms with Crippen molar-refractivity contribution in [1.82, 2.24) is 14.5 Å². The Kier molecular flexibility index (Phi) is 6.23. The van der Waals surface area contributed by atoms with Gasteiger partial charge in [0.15, 0.2) is 0 Å². The lowest BCUT2D eigenvalue weighted by Crippen LogP contribution is -2.37. The fourth-order valence-corrected chi connectivity index (χ4v) is 2.98. The molecule has 1 unspecified atom stereocenters. The topological polar surface area (TPSA) is 56.0 Å². The van der Waals surface area contributed by atoms with Crippen LogP contribution in [-0.2, 0) is 17.9 Å². The van der Waals surface area contributed by atoms with Gasteiger partial charge in [0, 0.05) is 12.6 Å². The molecule has 0 spiro atoms. The SMILES string of the molecule is CCCn1c(=O)n(CC(=O)NC(C)CCC(C)C)c2ccccc21. The zero-order chi connectivity index (χ0) is 17.7. The van der Waals surface area contributed by atoms with Gasteiger partial charge in [-0.15, -0.1) is 0 Å². The predicted octanol–water partition coefficient (Wildman–Crippen LogP) is 3.15. The average molecular weight is 331 g/mol. The van der Waals surface area contributed by atoms with E-state index < -0.39 is 0 Å². The summed E-state index contributed by atoms with van der Waals surface area (Å²) in [5.74, 6) is 0.520. The Morgan fingerprint density at radius 1 is 1.08 bits per heavy atom. The summed E-state index contributed by atoms with van der Waals surface area (Å²) in [6.45, 7) is 9.15. The quantitative estimate of drug-likeness (QED) is 0.808. The maximum absolute atomic E-state index is 12.7. The van der Waals surface area contributed by atoms with Gasteiger partial charge in [-0.2, -0.15) is 0 Å². The number of imidazole rings is 1. The van der Waals surface area contributed by atoms with E-state index in [4.69, 9.17) is 0 Å². The summed E-state index contributed by atoms with van der Waals surface area (Å²) >= 11 is 0. The van der Waals surface area contributed by atoms with Gasteiger partial charge in [-0.3, -0.25) is 13.9 Å². The Balaban J connectivity index is 2.16. The molecule has 5 heteroatoms. The molecule has 1 atom stereocenters. The van der Waals surface area contributed by atoms with Crippen molar-refractivity contribution < 1.29 is 4.79 Å². The second-order valence-electron chi connectivity index (χ2n) is 6.95. The molecule has 5 nitrogen and oxygen atoms in total. The molecule has 132 valence electrons. The fraction of sp³-hybridized carbons (Fsp3) is 0.579. The third-order valence-electron chi connectivity index (χ3n) is 4.26. The number of benzene rings is 1. The van der Waals surface area contributed by atoms with Crippen LogP contribution in [0.1, 0.15) is 47.0 Å². The highest BCUT2D eigenvalue weighted by Crippen LogP contribution is 2.13. The maximum atomic E-state index is 12.7. The Morgan fingerprint density at radius 2 is 1.71 bits per heavy atom. The maximum Gasteiger partial charge on any atom is 0.329 e. The normalized spacial score (nSPS) is 12.7. The molecule has 1 aromatic carbocycles. The van der Waals surface area contributed by atoms with Gasteiger partial charge in [0.1, 0.15) is 6.54 Å². The summed E-state index contributed by atoms with van der Waals surface area (Å²) in [5.41, 5.74) is 1.61. The van der Waals surface area contributed by atoms with E-state index >= 15 is 0 Å². The molecule has 1 aromatic heterocycles. The zero-order valence-electron chi connectivity index (χ0n) is 15.2. The first-order chi connectivity index (χ1) is 11.4. The number of rotatable bonds is 8. The van der Waals surface area contributed by atoms with Crippen molar-refractivity contribution in [3.8, 4) is 0 Å². The van der Waals surface area contributed by atoms with Crippen LogP contribution in [0.5, 0.6) is 0 Å². The van der Waals surface area contributed by atoms with Crippen LogP contribution in [0, 0.1) is 5.92 Å². The lowest BCUT2D eigenvalue weighted by Gasteiger charge is -2.15. The monoisotopic (exact) mass is 331 g/mol. The minimum Gasteiger partial charge on any atom is -0.352 e. The highest BCUT2D eigenvalue weighted by atomic mass is 16.2. The minimum atomic E-state index is -0.108. The molecule has 0 radical (unpaired) electrons. The number of nitrogens with zero attached hydrogens (tertiary/aromatic N) is 2. The van der Waals surface area contributed by atoms with Gasteiger partial charge >= 0.3 is 5.69 Å². The highest BCUT2D eigenvalue weighted by Gasteiger charge is 2.16. The van der Waals surface area contributed by atoms with E-state index in [1.165, 1.54) is 0 Å². The van der Waals surface area contributed by atoms with Crippen molar-refractivity contribution in [2.45, 2.75) is 66.1 Å². The third kappa shape index (κ3) is 4.28. The number of carbonyl (C=O) groups excluding carboxylic acids is 1. The molecule has 0 aliphatic heterocycles. The molecule has 0 saturated heterocycles. The number of para-hydroxylation sites is 2. The molecule has 0 bridgehead atoms. The number of aryl methyl sites for hydroxylation is 1. The molecule has 0 saturated carbocycles. The van der Waals surface area contributed by atoms with E-state index in [1.807, 2.05) is 38.1 Å². The van der Waals surface area contributed by atoms with E-state index in [2.05, 4.69) is 19.2 Å². The first kappa shape index (κ1) is 18.3. The second-order valence-corrected chi connectivity index (χ2v) is 6.95. The molecule has 2 aromatic rings. The molecule has 0 aliphatic carbocycles. The number of hydrogen-bond donors (Lipinski definition) is 1. The molecular weight excluding hydrogens is 302 g/mol. The van der Waals surface area contributed by atoms with E-state index in [0.717, 1.165) is 30.3 Å². The number of amides is 1. The zero-order valence-corrected chi connectivity index (χ0v) is 15.2. The van der Waals surface area contributed by atoms with Gasteiger partial charge in [0.25, 0.3) is 0 Å². The van der Waals surface area contributed by atoms with E-state index in [0.29, 0.717) is 12.5 Å². The summed E-state index contributed by atoms with van der Waals surface area (Å²) in [5, 5.41) is 3.01. The fourth-order valence-electron chi connectivity index (χ4n) is 2.98. The molecule has 0 aliphatic rings. The van der Waals surface area contributed by atoms with Crippen molar-refractivity contribution in [2.75, 3.05) is 0 Å². The lowest BCUT2D eigenvalue weighted by atomic mass is 10.0. The number of nitrogens with one attached hydrogen (secondary N) is 1. The van der Waals surface area contributed by atoms with E-state index in [-0.39, 0.29) is 24.2 Å². The molecular formula is C19H29N3O2. The van der Waals surface area contributed by atoms with Crippen LogP contribution in [0.25, 0.3) is 11.0 Å². The molecule has 1 heterocycles. The summed E-state index contributed by atoms with van der Waals surface area (Å²) < 4.78 is 3.33. The molecule has 0 fully saturated rings.